The average molecular weight is 375 g/mol. The lowest BCUT2D eigenvalue weighted by Gasteiger charge is -2.31. The van der Waals surface area contributed by atoms with E-state index in [2.05, 4.69) is 46.4 Å². The molecule has 1 saturated carbocycles. The van der Waals surface area contributed by atoms with Crippen LogP contribution in [-0.4, -0.2) is 0 Å². The van der Waals surface area contributed by atoms with Gasteiger partial charge in [-0.15, -0.1) is 6.58 Å². The van der Waals surface area contributed by atoms with Crippen LogP contribution in [0.1, 0.15) is 130 Å². The molecule has 1 aliphatic rings. The van der Waals surface area contributed by atoms with Crippen LogP contribution in [0, 0.1) is 17.3 Å². The summed E-state index contributed by atoms with van der Waals surface area (Å²) < 4.78 is 0. The van der Waals surface area contributed by atoms with Crippen molar-refractivity contribution in [2.45, 2.75) is 130 Å². The first kappa shape index (κ1) is 24.5. The lowest BCUT2D eigenvalue weighted by atomic mass is 9.74. The van der Waals surface area contributed by atoms with E-state index >= 15 is 0 Å². The van der Waals surface area contributed by atoms with Crippen molar-refractivity contribution in [3.8, 4) is 0 Å². The second-order valence-corrected chi connectivity index (χ2v) is 9.77. The van der Waals surface area contributed by atoms with E-state index in [1.54, 1.807) is 0 Å². The van der Waals surface area contributed by atoms with Gasteiger partial charge in [0.15, 0.2) is 0 Å². The van der Waals surface area contributed by atoms with E-state index < -0.39 is 0 Å². The van der Waals surface area contributed by atoms with Crippen molar-refractivity contribution in [1.82, 2.24) is 0 Å². The minimum Gasteiger partial charge on any atom is -0.100 e. The van der Waals surface area contributed by atoms with Crippen LogP contribution >= 0.6 is 0 Å². The highest BCUT2D eigenvalue weighted by Gasteiger charge is 2.46. The van der Waals surface area contributed by atoms with Gasteiger partial charge >= 0.3 is 0 Å². The maximum Gasteiger partial charge on any atom is -0.0197 e. The second-order valence-electron chi connectivity index (χ2n) is 9.77. The maximum absolute atomic E-state index is 4.26. The molecule has 0 spiro atoms. The molecule has 0 N–H and O–H groups in total. The third kappa shape index (κ3) is 11.2. The molecule has 2 atom stereocenters. The molecule has 0 saturated heterocycles. The average Bonchev–Trinajstić information content (AvgIpc) is 3.38. The Hall–Kier alpha value is -0.520. The quantitative estimate of drug-likeness (QED) is 0.165. The monoisotopic (exact) mass is 374 g/mol. The molecule has 0 aliphatic heterocycles. The summed E-state index contributed by atoms with van der Waals surface area (Å²) >= 11 is 0. The lowest BCUT2D eigenvalue weighted by Crippen LogP contribution is -2.22. The first-order valence-corrected chi connectivity index (χ1v) is 12.3. The van der Waals surface area contributed by atoms with E-state index in [0.717, 1.165) is 11.8 Å². The highest BCUT2D eigenvalue weighted by molar-refractivity contribution is 5.07. The summed E-state index contributed by atoms with van der Waals surface area (Å²) in [6, 6.07) is 0. The summed E-state index contributed by atoms with van der Waals surface area (Å²) in [7, 11) is 0. The van der Waals surface area contributed by atoms with E-state index in [9.17, 15) is 0 Å². The van der Waals surface area contributed by atoms with Crippen LogP contribution in [0.2, 0.25) is 0 Å². The third-order valence-corrected chi connectivity index (χ3v) is 6.77. The van der Waals surface area contributed by atoms with Crippen LogP contribution in [0.5, 0.6) is 0 Å². The van der Waals surface area contributed by atoms with Crippen LogP contribution in [0.25, 0.3) is 0 Å². The number of hydrogen-bond acceptors (Lipinski definition) is 0. The molecule has 1 fully saturated rings. The summed E-state index contributed by atoms with van der Waals surface area (Å²) in [5, 5.41) is 0. The van der Waals surface area contributed by atoms with Gasteiger partial charge in [-0.2, -0.15) is 0 Å². The van der Waals surface area contributed by atoms with Gasteiger partial charge in [-0.1, -0.05) is 103 Å². The van der Waals surface area contributed by atoms with Gasteiger partial charge in [-0.25, -0.2) is 0 Å². The first-order chi connectivity index (χ1) is 13.0. The number of allylic oxidation sites excluding steroid dienone is 3. The van der Waals surface area contributed by atoms with Crippen molar-refractivity contribution in [1.29, 1.82) is 0 Å². The highest BCUT2D eigenvalue weighted by atomic mass is 14.5. The normalized spacial score (nSPS) is 17.9. The van der Waals surface area contributed by atoms with Crippen molar-refractivity contribution in [2.75, 3.05) is 0 Å². The molecule has 0 aromatic heterocycles. The van der Waals surface area contributed by atoms with E-state index in [1.807, 2.05) is 0 Å². The third-order valence-electron chi connectivity index (χ3n) is 6.77. The van der Waals surface area contributed by atoms with Gasteiger partial charge in [0.25, 0.3) is 0 Å². The maximum atomic E-state index is 4.26. The molecule has 0 aromatic carbocycles. The van der Waals surface area contributed by atoms with Gasteiger partial charge in [0.1, 0.15) is 0 Å². The minimum atomic E-state index is 0.595. The van der Waals surface area contributed by atoms with Crippen LogP contribution < -0.4 is 0 Å². The van der Waals surface area contributed by atoms with Crippen molar-refractivity contribution >= 4 is 0 Å². The number of unbranched alkanes of at least 4 members (excludes halogenated alkanes) is 10. The Kier molecular flexibility index (Phi) is 13.1. The predicted octanol–water partition coefficient (Wildman–Crippen LogP) is 9.65. The Labute approximate surface area is 172 Å². The number of rotatable bonds is 18. The van der Waals surface area contributed by atoms with Crippen molar-refractivity contribution in [3.05, 3.63) is 24.3 Å². The van der Waals surface area contributed by atoms with Gasteiger partial charge < -0.3 is 0 Å². The van der Waals surface area contributed by atoms with Crippen LogP contribution in [-0.2, 0) is 0 Å². The fourth-order valence-electron chi connectivity index (χ4n) is 4.59. The standard InChI is InChI=1S/C27H50/c1-6-8-10-12-14-16-18-20-25(19-17-15-13-11-9-7-2)26(23-24(3)4)27(5)21-22-27/h17,19,25-26H,3,6-16,18,20-23H2,1-2,4-5H3/b19-17+. The summed E-state index contributed by atoms with van der Waals surface area (Å²) in [5.41, 5.74) is 1.98. The molecule has 0 bridgehead atoms. The molecule has 1 rings (SSSR count). The zero-order valence-corrected chi connectivity index (χ0v) is 19.3. The van der Waals surface area contributed by atoms with Gasteiger partial charge in [0.05, 0.1) is 0 Å². The fraction of sp³-hybridized carbons (Fsp3) is 0.852. The zero-order chi connectivity index (χ0) is 20.0. The Morgan fingerprint density at radius 3 is 2.00 bits per heavy atom. The van der Waals surface area contributed by atoms with E-state index in [4.69, 9.17) is 0 Å². The van der Waals surface area contributed by atoms with Crippen LogP contribution in [0.3, 0.4) is 0 Å². The summed E-state index contributed by atoms with van der Waals surface area (Å²) in [6.07, 6.45) is 27.4. The smallest absolute Gasteiger partial charge is 0.0197 e. The molecule has 0 heterocycles. The second kappa shape index (κ2) is 14.5. The van der Waals surface area contributed by atoms with Gasteiger partial charge in [0.2, 0.25) is 0 Å². The molecule has 0 amide bonds. The Bertz CT molecular complexity index is 398. The van der Waals surface area contributed by atoms with Crippen molar-refractivity contribution < 1.29 is 0 Å². The Morgan fingerprint density at radius 2 is 1.44 bits per heavy atom. The van der Waals surface area contributed by atoms with E-state index in [-0.39, 0.29) is 0 Å². The summed E-state index contributed by atoms with van der Waals surface area (Å²) in [5.74, 6) is 1.60. The van der Waals surface area contributed by atoms with Gasteiger partial charge in [0, 0.05) is 0 Å². The van der Waals surface area contributed by atoms with Gasteiger partial charge in [-0.05, 0) is 62.7 Å². The number of hydrogen-bond donors (Lipinski definition) is 0. The topological polar surface area (TPSA) is 0 Å². The molecule has 0 radical (unpaired) electrons. The molecule has 1 aliphatic carbocycles. The molecule has 2 unspecified atom stereocenters. The summed E-state index contributed by atoms with van der Waals surface area (Å²) in [4.78, 5) is 0. The first-order valence-electron chi connectivity index (χ1n) is 12.3. The molecular formula is C27H50. The molecule has 0 nitrogen and oxygen atoms in total. The molecule has 27 heavy (non-hydrogen) atoms. The predicted molar refractivity (Wildman–Crippen MR) is 124 cm³/mol. The lowest BCUT2D eigenvalue weighted by molar-refractivity contribution is 0.240. The van der Waals surface area contributed by atoms with Crippen molar-refractivity contribution in [3.63, 3.8) is 0 Å². The van der Waals surface area contributed by atoms with Crippen LogP contribution in [0.15, 0.2) is 24.3 Å². The highest BCUT2D eigenvalue weighted by Crippen LogP contribution is 2.56. The molecule has 0 aromatic rings. The zero-order valence-electron chi connectivity index (χ0n) is 19.3. The molecular weight excluding hydrogens is 324 g/mol. The molecule has 158 valence electrons. The SMILES string of the molecule is C=C(C)CC(C(/C=C/CCCCCC)CCCCCCCCC)C1(C)CC1. The van der Waals surface area contributed by atoms with Gasteiger partial charge in [-0.3, -0.25) is 0 Å². The Balaban J connectivity index is 2.51. The fourth-order valence-corrected chi connectivity index (χ4v) is 4.59. The van der Waals surface area contributed by atoms with Crippen LogP contribution in [0.4, 0.5) is 0 Å². The largest absolute Gasteiger partial charge is 0.100 e. The van der Waals surface area contributed by atoms with E-state index in [1.165, 1.54) is 108 Å². The van der Waals surface area contributed by atoms with Crippen molar-refractivity contribution in [2.24, 2.45) is 17.3 Å². The minimum absolute atomic E-state index is 0.595. The molecule has 0 heteroatoms. The Morgan fingerprint density at radius 1 is 0.889 bits per heavy atom. The van der Waals surface area contributed by atoms with E-state index in [0.29, 0.717) is 5.41 Å². The summed E-state index contributed by atoms with van der Waals surface area (Å²) in [6.45, 7) is 13.6.